The number of rotatable bonds is 4. The SMILES string of the molecule is O=C(N/N=C/c1ccc(-c2cccc(C(F)(F)F)c2)o1)c1sc2ccccc2c1Cl. The van der Waals surface area contributed by atoms with Crippen LogP contribution in [0, 0.1) is 0 Å². The second-order valence-electron chi connectivity index (χ2n) is 6.22. The number of alkyl halides is 3. The van der Waals surface area contributed by atoms with Gasteiger partial charge in [-0.1, -0.05) is 41.9 Å². The molecule has 1 amide bonds. The number of amides is 1. The third-order valence-electron chi connectivity index (χ3n) is 4.20. The number of halogens is 4. The van der Waals surface area contributed by atoms with Gasteiger partial charge in [-0.15, -0.1) is 11.3 Å². The molecule has 2 aromatic heterocycles. The summed E-state index contributed by atoms with van der Waals surface area (Å²) in [6.45, 7) is 0. The summed E-state index contributed by atoms with van der Waals surface area (Å²) in [5, 5.41) is 4.98. The van der Waals surface area contributed by atoms with Crippen molar-refractivity contribution in [3.63, 3.8) is 0 Å². The lowest BCUT2D eigenvalue weighted by Crippen LogP contribution is -2.16. The maximum atomic E-state index is 12.9. The van der Waals surface area contributed by atoms with Crippen molar-refractivity contribution in [3.8, 4) is 11.3 Å². The van der Waals surface area contributed by atoms with Gasteiger partial charge in [-0.25, -0.2) is 5.43 Å². The van der Waals surface area contributed by atoms with E-state index in [9.17, 15) is 18.0 Å². The Morgan fingerprint density at radius 3 is 2.67 bits per heavy atom. The quantitative estimate of drug-likeness (QED) is 0.282. The zero-order valence-electron chi connectivity index (χ0n) is 15.0. The molecule has 0 fully saturated rings. The van der Waals surface area contributed by atoms with Crippen molar-refractivity contribution in [2.45, 2.75) is 6.18 Å². The van der Waals surface area contributed by atoms with Crippen LogP contribution >= 0.6 is 22.9 Å². The van der Waals surface area contributed by atoms with Gasteiger partial charge in [0.05, 0.1) is 16.8 Å². The van der Waals surface area contributed by atoms with E-state index in [2.05, 4.69) is 10.5 Å². The maximum Gasteiger partial charge on any atom is 0.416 e. The van der Waals surface area contributed by atoms with Crippen LogP contribution in [-0.2, 0) is 6.18 Å². The van der Waals surface area contributed by atoms with Gasteiger partial charge >= 0.3 is 6.18 Å². The third-order valence-corrected chi connectivity index (χ3v) is 5.87. The zero-order chi connectivity index (χ0) is 21.3. The highest BCUT2D eigenvalue weighted by molar-refractivity contribution is 7.21. The summed E-state index contributed by atoms with van der Waals surface area (Å²) in [4.78, 5) is 12.7. The number of furan rings is 1. The topological polar surface area (TPSA) is 54.6 Å². The van der Waals surface area contributed by atoms with Gasteiger partial charge in [-0.3, -0.25) is 4.79 Å². The molecule has 0 aliphatic rings. The maximum absolute atomic E-state index is 12.9. The first-order valence-corrected chi connectivity index (χ1v) is 9.80. The summed E-state index contributed by atoms with van der Waals surface area (Å²) in [5.74, 6) is 0.0497. The summed E-state index contributed by atoms with van der Waals surface area (Å²) in [7, 11) is 0. The van der Waals surface area contributed by atoms with Crippen LogP contribution in [0.3, 0.4) is 0 Å². The van der Waals surface area contributed by atoms with Crippen LogP contribution < -0.4 is 5.43 Å². The molecule has 30 heavy (non-hydrogen) atoms. The van der Waals surface area contributed by atoms with Crippen molar-refractivity contribution in [1.82, 2.24) is 5.43 Å². The van der Waals surface area contributed by atoms with Gasteiger partial charge in [0.15, 0.2) is 0 Å². The fourth-order valence-electron chi connectivity index (χ4n) is 2.79. The summed E-state index contributed by atoms with van der Waals surface area (Å²) < 4.78 is 45.0. The number of hydrogen-bond donors (Lipinski definition) is 1. The average Bonchev–Trinajstić information content (AvgIpc) is 3.33. The van der Waals surface area contributed by atoms with Crippen LogP contribution in [0.2, 0.25) is 5.02 Å². The van der Waals surface area contributed by atoms with Gasteiger partial charge < -0.3 is 4.42 Å². The predicted octanol–water partition coefficient (Wildman–Crippen LogP) is 6.60. The molecular weight excluding hydrogens is 437 g/mol. The molecule has 2 aromatic carbocycles. The lowest BCUT2D eigenvalue weighted by molar-refractivity contribution is -0.137. The van der Waals surface area contributed by atoms with E-state index in [4.69, 9.17) is 16.0 Å². The molecule has 9 heteroatoms. The molecule has 2 heterocycles. The first-order valence-electron chi connectivity index (χ1n) is 8.61. The summed E-state index contributed by atoms with van der Waals surface area (Å²) in [6.07, 6.45) is -3.18. The number of hydrazone groups is 1. The number of thiophene rings is 1. The Kier molecular flexibility index (Phi) is 5.36. The second-order valence-corrected chi connectivity index (χ2v) is 7.65. The van der Waals surface area contributed by atoms with Gasteiger partial charge in [0, 0.05) is 15.6 Å². The second kappa shape index (κ2) is 7.97. The van der Waals surface area contributed by atoms with Crippen molar-refractivity contribution in [1.29, 1.82) is 0 Å². The van der Waals surface area contributed by atoms with E-state index in [0.717, 1.165) is 22.2 Å². The third kappa shape index (κ3) is 4.10. The van der Waals surface area contributed by atoms with Crippen molar-refractivity contribution < 1.29 is 22.4 Å². The molecule has 152 valence electrons. The number of fused-ring (bicyclic) bond motifs is 1. The summed E-state index contributed by atoms with van der Waals surface area (Å²) in [6, 6.07) is 15.3. The van der Waals surface area contributed by atoms with E-state index >= 15 is 0 Å². The summed E-state index contributed by atoms with van der Waals surface area (Å²) in [5.41, 5.74) is 1.89. The van der Waals surface area contributed by atoms with Crippen molar-refractivity contribution in [2.75, 3.05) is 0 Å². The highest BCUT2D eigenvalue weighted by Gasteiger charge is 2.30. The van der Waals surface area contributed by atoms with Gasteiger partial charge in [-0.2, -0.15) is 18.3 Å². The van der Waals surface area contributed by atoms with Crippen molar-refractivity contribution in [2.24, 2.45) is 5.10 Å². The van der Waals surface area contributed by atoms with Crippen LogP contribution in [0.1, 0.15) is 21.0 Å². The van der Waals surface area contributed by atoms with Gasteiger partial charge in [0.1, 0.15) is 16.4 Å². The van der Waals surface area contributed by atoms with E-state index in [1.54, 1.807) is 0 Å². The number of carbonyl (C=O) groups excluding carboxylic acids is 1. The summed E-state index contributed by atoms with van der Waals surface area (Å²) >= 11 is 7.51. The molecule has 0 aliphatic heterocycles. The van der Waals surface area contributed by atoms with Crippen LogP contribution in [0.15, 0.2) is 70.2 Å². The molecule has 0 unspecified atom stereocenters. The molecule has 0 radical (unpaired) electrons. The average molecular weight is 449 g/mol. The van der Waals surface area contributed by atoms with E-state index in [1.807, 2.05) is 24.3 Å². The van der Waals surface area contributed by atoms with E-state index < -0.39 is 17.6 Å². The highest BCUT2D eigenvalue weighted by Crippen LogP contribution is 2.35. The molecule has 0 atom stereocenters. The van der Waals surface area contributed by atoms with Gasteiger partial charge in [0.25, 0.3) is 5.91 Å². The molecule has 0 saturated carbocycles. The Labute approximate surface area is 177 Å². The number of carbonyl (C=O) groups is 1. The fraction of sp³-hybridized carbons (Fsp3) is 0.0476. The van der Waals surface area contributed by atoms with Crippen molar-refractivity contribution >= 4 is 45.1 Å². The van der Waals surface area contributed by atoms with Crippen LogP contribution in [0.5, 0.6) is 0 Å². The standard InChI is InChI=1S/C21H12ClF3N2O2S/c22-18-15-6-1-2-7-17(15)30-19(18)20(28)27-26-11-14-8-9-16(29-14)12-4-3-5-13(10-12)21(23,24)25/h1-11H,(H,27,28)/b26-11+. The number of hydrogen-bond acceptors (Lipinski definition) is 4. The van der Waals surface area contributed by atoms with E-state index in [0.29, 0.717) is 9.90 Å². The zero-order valence-corrected chi connectivity index (χ0v) is 16.6. The Morgan fingerprint density at radius 2 is 1.90 bits per heavy atom. The Balaban J connectivity index is 1.47. The minimum Gasteiger partial charge on any atom is -0.455 e. The minimum atomic E-state index is -4.44. The molecule has 0 saturated heterocycles. The lowest BCUT2D eigenvalue weighted by atomic mass is 10.1. The van der Waals surface area contributed by atoms with E-state index in [1.165, 1.54) is 41.8 Å². The molecule has 4 aromatic rings. The number of nitrogens with zero attached hydrogens (tertiary/aromatic N) is 1. The largest absolute Gasteiger partial charge is 0.455 e. The molecule has 0 bridgehead atoms. The Bertz CT molecular complexity index is 1260. The van der Waals surface area contributed by atoms with Gasteiger partial charge in [-0.05, 0) is 30.3 Å². The normalized spacial score (nSPS) is 12.0. The van der Waals surface area contributed by atoms with Crippen LogP contribution in [0.4, 0.5) is 13.2 Å². The number of nitrogens with one attached hydrogen (secondary N) is 1. The molecule has 4 rings (SSSR count). The van der Waals surface area contributed by atoms with Crippen molar-refractivity contribution in [3.05, 3.63) is 81.9 Å². The fourth-order valence-corrected chi connectivity index (χ4v) is 4.20. The van der Waals surface area contributed by atoms with Gasteiger partial charge in [0.2, 0.25) is 0 Å². The first kappa shape index (κ1) is 20.2. The molecular formula is C21H12ClF3N2O2S. The first-order chi connectivity index (χ1) is 14.3. The Morgan fingerprint density at radius 1 is 1.10 bits per heavy atom. The molecule has 1 N–H and O–H groups in total. The van der Waals surface area contributed by atoms with Crippen LogP contribution in [0.25, 0.3) is 21.4 Å². The highest BCUT2D eigenvalue weighted by atomic mass is 35.5. The molecule has 0 spiro atoms. The molecule has 4 nitrogen and oxygen atoms in total. The minimum absolute atomic E-state index is 0.251. The smallest absolute Gasteiger partial charge is 0.416 e. The predicted molar refractivity (Wildman–Crippen MR) is 111 cm³/mol. The number of benzene rings is 2. The van der Waals surface area contributed by atoms with Crippen LogP contribution in [-0.4, -0.2) is 12.1 Å². The Hall–Kier alpha value is -3.10. The molecule has 0 aliphatic carbocycles. The lowest BCUT2D eigenvalue weighted by Gasteiger charge is -2.07. The van der Waals surface area contributed by atoms with E-state index in [-0.39, 0.29) is 17.1 Å². The monoisotopic (exact) mass is 448 g/mol.